The fourth-order valence-electron chi connectivity index (χ4n) is 15.8. The zero-order chi connectivity index (χ0) is 73.5. The molecule has 0 spiro atoms. The molecular weight excluding hydrogens is 1350 g/mol. The molecule has 8 aliphatic heterocycles. The van der Waals surface area contributed by atoms with Crippen LogP contribution in [0.1, 0.15) is 107 Å². The number of benzene rings is 4. The third-order valence-electron chi connectivity index (χ3n) is 23.2. The van der Waals surface area contributed by atoms with Crippen molar-refractivity contribution >= 4 is 76.4 Å². The number of rotatable bonds is 35. The number of nitrogens with zero attached hydrogens (tertiary/aromatic N) is 8. The summed E-state index contributed by atoms with van der Waals surface area (Å²) in [7, 11) is -4.59. The van der Waals surface area contributed by atoms with E-state index in [1.54, 1.807) is 24.3 Å². The lowest BCUT2D eigenvalue weighted by Gasteiger charge is -2.54. The first-order valence-corrected chi connectivity index (χ1v) is 41.2. The maximum absolute atomic E-state index is 14.2. The molecule has 8 aliphatic rings. The van der Waals surface area contributed by atoms with E-state index in [2.05, 4.69) is 67.8 Å². The van der Waals surface area contributed by atoms with Crippen molar-refractivity contribution in [3.8, 4) is 0 Å². The summed E-state index contributed by atoms with van der Waals surface area (Å²) in [5.41, 5.74) is 7.52. The normalized spacial score (nSPS) is 23.3. The molecular formula is C77H112N11O11S3+5. The van der Waals surface area contributed by atoms with E-state index in [-0.39, 0.29) is 105 Å². The van der Waals surface area contributed by atoms with Gasteiger partial charge in [-0.25, -0.2) is 25.4 Å². The molecule has 6 fully saturated rings. The largest absolute Gasteiger partial charge is 0.349 e. The number of Topliss-reactive ketones (excluding diaryl/α,β-unsaturated/α-hetero) is 1. The second-order valence-corrected chi connectivity index (χ2v) is 37.0. The highest BCUT2D eigenvalue weighted by Gasteiger charge is 2.49. The monoisotopic (exact) mass is 1460 g/mol. The molecule has 0 unspecified atom stereocenters. The van der Waals surface area contributed by atoms with Gasteiger partial charge in [-0.05, 0) is 104 Å². The van der Waals surface area contributed by atoms with Crippen LogP contribution in [0, 0.1) is 0 Å². The number of carbonyl (C=O) groups excluding carboxylic acids is 4. The molecule has 0 aromatic heterocycles. The fraction of sp³-hybridized carbons (Fsp3) is 0.545. The quantitative estimate of drug-likeness (QED) is 0.0156. The van der Waals surface area contributed by atoms with Crippen molar-refractivity contribution < 1.29 is 71.5 Å². The van der Waals surface area contributed by atoms with Crippen molar-refractivity contribution in [2.24, 2.45) is 0 Å². The summed E-state index contributed by atoms with van der Waals surface area (Å²) < 4.78 is 99.7. The lowest BCUT2D eigenvalue weighted by Crippen LogP contribution is -2.73. The fourth-order valence-corrected chi connectivity index (χ4v) is 18.8. The maximum atomic E-state index is 14.2. The highest BCUT2D eigenvalue weighted by molar-refractivity contribution is 7.89. The number of nitrogens with one attached hydrogen (secondary N) is 3. The van der Waals surface area contributed by atoms with Gasteiger partial charge in [0, 0.05) is 112 Å². The topological polar surface area (TPSA) is 240 Å². The SMILES string of the molecule is CCCCN1C(=CC=CC=CC2=[N+](CCCS(=O)(=O)O)c3ccc(S(=O)(=O)N(C)CCCC(=O)NCC(=O)Nc4ccc(CC[N+]56CC[N+](C)(CC5)CC6)cc4)cc3C2(C)C)C(C)(C)c2cc(S(=O)(=O)N(C)CCCC(=O)NCC(=O)Cc3ccc(CC[N+]45CC[N+](C)(CC4)CC5)cc3)ccc21. The zero-order valence-corrected chi connectivity index (χ0v) is 64.2. The Kier molecular flexibility index (Phi) is 24.3. The average molecular weight is 1460 g/mol. The summed E-state index contributed by atoms with van der Waals surface area (Å²) in [6.07, 6.45) is 14.2. The molecule has 8 heterocycles. The average Bonchev–Trinajstić information content (AvgIpc) is 1.60. The van der Waals surface area contributed by atoms with Gasteiger partial charge in [-0.1, -0.05) is 81.8 Å². The third kappa shape index (κ3) is 18.6. The number of allylic oxidation sites excluding steroid dienone is 6. The van der Waals surface area contributed by atoms with Crippen LogP contribution < -0.4 is 20.9 Å². The highest BCUT2D eigenvalue weighted by atomic mass is 32.2. The molecule has 554 valence electrons. The second kappa shape index (κ2) is 31.9. The van der Waals surface area contributed by atoms with Gasteiger partial charge in [0.2, 0.25) is 43.5 Å². The number of unbranched alkanes of at least 4 members (excludes halogenated alkanes) is 1. The van der Waals surface area contributed by atoms with E-state index >= 15 is 0 Å². The Morgan fingerprint density at radius 1 is 0.588 bits per heavy atom. The molecule has 12 rings (SSSR count). The summed E-state index contributed by atoms with van der Waals surface area (Å²) in [6.45, 7) is 28.1. The molecule has 4 N–H and O–H groups in total. The van der Waals surface area contributed by atoms with E-state index in [0.717, 1.165) is 67.0 Å². The summed E-state index contributed by atoms with van der Waals surface area (Å²) in [4.78, 5) is 54.1. The van der Waals surface area contributed by atoms with Crippen molar-refractivity contribution in [3.05, 3.63) is 149 Å². The molecule has 6 saturated heterocycles. The van der Waals surface area contributed by atoms with Crippen molar-refractivity contribution in [2.75, 3.05) is 175 Å². The number of piperazine rings is 6. The summed E-state index contributed by atoms with van der Waals surface area (Å²) in [5, 5.41) is 8.25. The summed E-state index contributed by atoms with van der Waals surface area (Å²) in [5.74, 6) is -1.64. The Morgan fingerprint density at radius 3 is 1.62 bits per heavy atom. The number of anilines is 2. The first-order valence-electron chi connectivity index (χ1n) is 36.7. The van der Waals surface area contributed by atoms with Crippen molar-refractivity contribution in [1.82, 2.24) is 19.2 Å². The minimum atomic E-state index is -4.28. The lowest BCUT2D eigenvalue weighted by molar-refractivity contribution is -1.07. The van der Waals surface area contributed by atoms with Crippen LogP contribution in [-0.4, -0.2) is 255 Å². The number of ketones is 1. The minimum absolute atomic E-state index is 0.00426. The van der Waals surface area contributed by atoms with Gasteiger partial charge in [-0.2, -0.15) is 13.0 Å². The van der Waals surface area contributed by atoms with Crippen LogP contribution in [0.25, 0.3) is 0 Å². The Hall–Kier alpha value is -6.78. The van der Waals surface area contributed by atoms with Crippen LogP contribution in [0.2, 0.25) is 0 Å². The van der Waals surface area contributed by atoms with Gasteiger partial charge < -0.3 is 38.8 Å². The number of hydrogen-bond donors (Lipinski definition) is 4. The Bertz CT molecular complexity index is 4200. The van der Waals surface area contributed by atoms with E-state index in [1.807, 2.05) is 91.3 Å². The molecule has 0 aliphatic carbocycles. The second-order valence-electron chi connectivity index (χ2n) is 31.3. The molecule has 3 amide bonds. The highest BCUT2D eigenvalue weighted by Crippen LogP contribution is 2.49. The van der Waals surface area contributed by atoms with E-state index in [9.17, 15) is 49.0 Å². The van der Waals surface area contributed by atoms with Crippen LogP contribution in [0.15, 0.2) is 131 Å². The molecule has 0 atom stereocenters. The number of quaternary nitrogens is 4. The van der Waals surface area contributed by atoms with Crippen LogP contribution in [0.3, 0.4) is 0 Å². The molecule has 4 aromatic carbocycles. The zero-order valence-electron chi connectivity index (χ0n) is 61.7. The first-order chi connectivity index (χ1) is 48.2. The summed E-state index contributed by atoms with van der Waals surface area (Å²) in [6, 6.07) is 26.3. The van der Waals surface area contributed by atoms with Crippen LogP contribution in [0.4, 0.5) is 17.1 Å². The minimum Gasteiger partial charge on any atom is -0.349 e. The number of hydrogen-bond acceptors (Lipinski definition) is 11. The Labute approximate surface area is 607 Å². The first kappa shape index (κ1) is 77.8. The summed E-state index contributed by atoms with van der Waals surface area (Å²) >= 11 is 0. The lowest BCUT2D eigenvalue weighted by atomic mass is 9.81. The van der Waals surface area contributed by atoms with Gasteiger partial charge >= 0.3 is 0 Å². The van der Waals surface area contributed by atoms with Crippen molar-refractivity contribution in [3.63, 3.8) is 0 Å². The van der Waals surface area contributed by atoms with E-state index in [0.29, 0.717) is 23.5 Å². The predicted octanol–water partition coefficient (Wildman–Crippen LogP) is 7.09. The molecule has 4 aromatic rings. The molecule has 25 heteroatoms. The number of amides is 3. The third-order valence-corrected chi connectivity index (χ3v) is 27.7. The molecule has 0 saturated carbocycles. The van der Waals surface area contributed by atoms with Gasteiger partial charge in [-0.3, -0.25) is 23.7 Å². The number of carbonyl (C=O) groups is 4. The van der Waals surface area contributed by atoms with Gasteiger partial charge in [0.15, 0.2) is 11.5 Å². The van der Waals surface area contributed by atoms with Crippen LogP contribution in [0.5, 0.6) is 0 Å². The standard InChI is InChI=1S/C77H108N11O11S3/c1-10-11-38-83-69-32-30-65(101(96,97)81(6)36-15-20-73(90)78-58-64(89)55-62-24-22-60(23-25-62)34-40-87-48-42-85(8,43-49-87)44-50-87)56-67(69)76(2,3)71(83)18-13-12-14-19-72-77(4,5)68-57-66(31-33-70(68)84(72)39-17-54-100(93,94)95)102(98,99)82(7)37-16-21-74(91)79-59-75(92)80-63-28-26-61(27-29-63)35-41-88-51-45-86(9,46-52-88)47-53-88/h12-14,18-19,22-33,56-57H,10-11,15-17,20-21,34-55,58-59H2,1-9H3/q+1/p+4. The molecule has 22 nitrogen and oxygen atoms in total. The molecule has 0 radical (unpaired) electrons. The van der Waals surface area contributed by atoms with E-state index < -0.39 is 46.7 Å². The number of likely N-dealkylation sites (N-methyl/N-ethyl adjacent to an activating group) is 2. The van der Waals surface area contributed by atoms with Crippen molar-refractivity contribution in [1.29, 1.82) is 0 Å². The Morgan fingerprint density at radius 2 is 1.09 bits per heavy atom. The number of sulfonamides is 2. The van der Waals surface area contributed by atoms with Gasteiger partial charge in [0.05, 0.1) is 61.2 Å². The Balaban J connectivity index is 0.705. The van der Waals surface area contributed by atoms with E-state index in [1.165, 1.54) is 136 Å². The van der Waals surface area contributed by atoms with Crippen LogP contribution in [-0.2, 0) is 79.4 Å². The smallest absolute Gasteiger partial charge is 0.265 e. The van der Waals surface area contributed by atoms with Gasteiger partial charge in [0.25, 0.3) is 10.1 Å². The molecule has 102 heavy (non-hydrogen) atoms. The van der Waals surface area contributed by atoms with Gasteiger partial charge in [-0.15, -0.1) is 0 Å². The molecule has 4 bridgehead atoms. The van der Waals surface area contributed by atoms with Crippen molar-refractivity contribution in [2.45, 2.75) is 119 Å². The maximum Gasteiger partial charge on any atom is 0.265 e. The van der Waals surface area contributed by atoms with Gasteiger partial charge in [0.1, 0.15) is 85.1 Å². The number of fused-ring (bicyclic) bond motifs is 8. The van der Waals surface area contributed by atoms with E-state index in [4.69, 9.17) is 0 Å². The van der Waals surface area contributed by atoms with Crippen LogP contribution >= 0.6 is 0 Å². The predicted molar refractivity (Wildman–Crippen MR) is 401 cm³/mol.